The summed E-state index contributed by atoms with van der Waals surface area (Å²) in [6.45, 7) is 13.1. The van der Waals surface area contributed by atoms with Crippen LogP contribution < -0.4 is 0 Å². The molecule has 0 saturated heterocycles. The maximum atomic E-state index is 5.09. The van der Waals surface area contributed by atoms with Crippen molar-refractivity contribution in [2.24, 2.45) is 9.98 Å². The fourth-order valence-electron chi connectivity index (χ4n) is 3.59. The lowest BCUT2D eigenvalue weighted by Gasteiger charge is -2.11. The van der Waals surface area contributed by atoms with E-state index >= 15 is 0 Å². The molecule has 0 spiro atoms. The van der Waals surface area contributed by atoms with Crippen LogP contribution in [0.1, 0.15) is 87.5 Å². The lowest BCUT2D eigenvalue weighted by molar-refractivity contribution is 0.616. The summed E-state index contributed by atoms with van der Waals surface area (Å²) in [7, 11) is 0. The van der Waals surface area contributed by atoms with Gasteiger partial charge in [-0.3, -0.25) is 9.98 Å². The fraction of sp³-hybridized carbons (Fsp3) is 0.500. The Balaban J connectivity index is 2.29. The molecule has 0 aliphatic heterocycles. The van der Waals surface area contributed by atoms with E-state index in [2.05, 4.69) is 77.9 Å². The van der Waals surface area contributed by atoms with Crippen molar-refractivity contribution in [3.63, 3.8) is 0 Å². The van der Waals surface area contributed by atoms with Gasteiger partial charge in [0.15, 0.2) is 0 Å². The van der Waals surface area contributed by atoms with Crippen molar-refractivity contribution in [1.82, 2.24) is 0 Å². The first kappa shape index (κ1) is 24.1. The van der Waals surface area contributed by atoms with Crippen LogP contribution in [0.5, 0.6) is 0 Å². The molecule has 2 heteroatoms. The van der Waals surface area contributed by atoms with Crippen molar-refractivity contribution in [2.45, 2.75) is 92.9 Å². The van der Waals surface area contributed by atoms with Crippen LogP contribution in [0.15, 0.2) is 46.4 Å². The van der Waals surface area contributed by atoms with E-state index < -0.39 is 0 Å². The molecular formula is C28H40N2. The Bertz CT molecular complexity index is 874. The smallest absolute Gasteiger partial charge is 0.0636 e. The second-order valence-electron chi connectivity index (χ2n) is 8.53. The molecule has 0 unspecified atom stereocenters. The summed E-state index contributed by atoms with van der Waals surface area (Å²) in [4.78, 5) is 10.1. The molecule has 0 aliphatic rings. The Labute approximate surface area is 184 Å². The van der Waals surface area contributed by atoms with E-state index in [0.717, 1.165) is 35.6 Å². The Hall–Kier alpha value is -2.22. The molecular weight excluding hydrogens is 364 g/mol. The van der Waals surface area contributed by atoms with Gasteiger partial charge < -0.3 is 0 Å². The molecule has 0 aromatic heterocycles. The molecule has 2 aromatic carbocycles. The maximum absolute atomic E-state index is 5.09. The maximum Gasteiger partial charge on any atom is 0.0636 e. The fourth-order valence-corrected chi connectivity index (χ4v) is 3.59. The SMILES string of the molecule is CCCCCCCCC(=Nc1ccc(C)c(C)c1)C(CC)=Nc1ccc(C)c(C)c1. The van der Waals surface area contributed by atoms with E-state index in [1.54, 1.807) is 0 Å². The molecule has 0 heterocycles. The summed E-state index contributed by atoms with van der Waals surface area (Å²) < 4.78 is 0. The molecule has 0 aliphatic carbocycles. The van der Waals surface area contributed by atoms with E-state index in [-0.39, 0.29) is 0 Å². The highest BCUT2D eigenvalue weighted by molar-refractivity contribution is 6.43. The third kappa shape index (κ3) is 7.55. The molecule has 0 atom stereocenters. The van der Waals surface area contributed by atoms with Crippen molar-refractivity contribution < 1.29 is 0 Å². The molecule has 162 valence electrons. The lowest BCUT2D eigenvalue weighted by atomic mass is 10.0. The Kier molecular flexibility index (Phi) is 10.00. The Morgan fingerprint density at radius 1 is 0.600 bits per heavy atom. The van der Waals surface area contributed by atoms with Crippen molar-refractivity contribution in [1.29, 1.82) is 0 Å². The number of aliphatic imine (C=N–C) groups is 2. The van der Waals surface area contributed by atoms with E-state index in [1.807, 2.05) is 0 Å². The van der Waals surface area contributed by atoms with Gasteiger partial charge in [-0.15, -0.1) is 0 Å². The van der Waals surface area contributed by atoms with Gasteiger partial charge >= 0.3 is 0 Å². The first-order valence-electron chi connectivity index (χ1n) is 11.7. The number of unbranched alkanes of at least 4 members (excludes halogenated alkanes) is 5. The van der Waals surface area contributed by atoms with Crippen LogP contribution in [0.3, 0.4) is 0 Å². The second kappa shape index (κ2) is 12.5. The molecule has 2 aromatic rings. The zero-order valence-electron chi connectivity index (χ0n) is 20.0. The van der Waals surface area contributed by atoms with Gasteiger partial charge in [-0.2, -0.15) is 0 Å². The topological polar surface area (TPSA) is 24.7 Å². The van der Waals surface area contributed by atoms with Gasteiger partial charge in [-0.05, 0) is 93.5 Å². The van der Waals surface area contributed by atoms with Gasteiger partial charge in [0.1, 0.15) is 0 Å². The first-order valence-corrected chi connectivity index (χ1v) is 11.7. The zero-order valence-corrected chi connectivity index (χ0v) is 20.0. The third-order valence-electron chi connectivity index (χ3n) is 5.94. The normalized spacial score (nSPS) is 12.5. The third-order valence-corrected chi connectivity index (χ3v) is 5.94. The highest BCUT2D eigenvalue weighted by Crippen LogP contribution is 2.22. The minimum atomic E-state index is 0.895. The van der Waals surface area contributed by atoms with E-state index in [9.17, 15) is 0 Å². The largest absolute Gasteiger partial charge is 0.252 e. The van der Waals surface area contributed by atoms with Crippen LogP contribution in [0.2, 0.25) is 0 Å². The van der Waals surface area contributed by atoms with E-state index in [1.165, 1.54) is 60.8 Å². The van der Waals surface area contributed by atoms with Crippen LogP contribution in [0.4, 0.5) is 11.4 Å². The predicted octanol–water partition coefficient (Wildman–Crippen LogP) is 8.93. The molecule has 0 radical (unpaired) electrons. The highest BCUT2D eigenvalue weighted by Gasteiger charge is 2.10. The van der Waals surface area contributed by atoms with Crippen LogP contribution >= 0.6 is 0 Å². The average Bonchev–Trinajstić information content (AvgIpc) is 2.73. The summed E-state index contributed by atoms with van der Waals surface area (Å²) in [5.74, 6) is 0. The van der Waals surface area contributed by atoms with Crippen LogP contribution in [-0.4, -0.2) is 11.4 Å². The lowest BCUT2D eigenvalue weighted by Crippen LogP contribution is -2.13. The summed E-state index contributed by atoms with van der Waals surface area (Å²) in [5.41, 5.74) is 9.54. The van der Waals surface area contributed by atoms with Crippen molar-refractivity contribution in [3.05, 3.63) is 58.7 Å². The number of hydrogen-bond acceptors (Lipinski definition) is 2. The molecule has 30 heavy (non-hydrogen) atoms. The standard InChI is InChI=1S/C28H40N2/c1-7-9-10-11-12-13-14-28(30-26-18-16-22(4)24(6)20-26)27(8-2)29-25-17-15-21(3)23(5)19-25/h15-20H,7-14H2,1-6H3. The van der Waals surface area contributed by atoms with Gasteiger partial charge in [0, 0.05) is 0 Å². The van der Waals surface area contributed by atoms with Crippen LogP contribution in [0, 0.1) is 27.7 Å². The highest BCUT2D eigenvalue weighted by atomic mass is 14.8. The average molecular weight is 405 g/mol. The summed E-state index contributed by atoms with van der Waals surface area (Å²) in [5, 5.41) is 0. The predicted molar refractivity (Wildman–Crippen MR) is 134 cm³/mol. The minimum absolute atomic E-state index is 0.895. The van der Waals surface area contributed by atoms with E-state index in [4.69, 9.17) is 9.98 Å². The summed E-state index contributed by atoms with van der Waals surface area (Å²) >= 11 is 0. The van der Waals surface area contributed by atoms with Crippen LogP contribution in [-0.2, 0) is 0 Å². The zero-order chi connectivity index (χ0) is 21.9. The summed E-state index contributed by atoms with van der Waals surface area (Å²) in [6.07, 6.45) is 9.65. The molecule has 2 nitrogen and oxygen atoms in total. The van der Waals surface area contributed by atoms with Gasteiger partial charge in [0.05, 0.1) is 22.8 Å². The minimum Gasteiger partial charge on any atom is -0.252 e. The molecule has 0 saturated carbocycles. The summed E-state index contributed by atoms with van der Waals surface area (Å²) in [6, 6.07) is 13.0. The first-order chi connectivity index (χ1) is 14.4. The Morgan fingerprint density at radius 2 is 1.10 bits per heavy atom. The Morgan fingerprint density at radius 3 is 1.60 bits per heavy atom. The monoisotopic (exact) mass is 404 g/mol. The second-order valence-corrected chi connectivity index (χ2v) is 8.53. The van der Waals surface area contributed by atoms with Crippen molar-refractivity contribution in [3.8, 4) is 0 Å². The number of nitrogens with zero attached hydrogens (tertiary/aromatic N) is 2. The van der Waals surface area contributed by atoms with E-state index in [0.29, 0.717) is 0 Å². The number of rotatable bonds is 11. The van der Waals surface area contributed by atoms with Gasteiger partial charge in [0.25, 0.3) is 0 Å². The molecule has 0 bridgehead atoms. The van der Waals surface area contributed by atoms with Gasteiger partial charge in [0.2, 0.25) is 0 Å². The van der Waals surface area contributed by atoms with Crippen molar-refractivity contribution >= 4 is 22.8 Å². The number of hydrogen-bond donors (Lipinski definition) is 0. The number of aryl methyl sites for hydroxylation is 4. The number of benzene rings is 2. The quantitative estimate of drug-likeness (QED) is 0.264. The molecule has 2 rings (SSSR count). The van der Waals surface area contributed by atoms with Gasteiger partial charge in [-0.1, -0.05) is 58.1 Å². The molecule has 0 N–H and O–H groups in total. The molecule has 0 amide bonds. The van der Waals surface area contributed by atoms with Crippen molar-refractivity contribution in [2.75, 3.05) is 0 Å². The van der Waals surface area contributed by atoms with Crippen LogP contribution in [0.25, 0.3) is 0 Å². The molecule has 0 fully saturated rings. The van der Waals surface area contributed by atoms with Gasteiger partial charge in [-0.25, -0.2) is 0 Å².